The van der Waals surface area contributed by atoms with E-state index in [2.05, 4.69) is 0 Å². The number of carbonyl (C=O) groups is 3. The highest BCUT2D eigenvalue weighted by Crippen LogP contribution is 2.36. The first-order valence-electron chi connectivity index (χ1n) is 9.67. The SMILES string of the molecule is COc1ccc(N2C[C@@H](C(=O)O[C@H](C)C(=O)c3ccc(C)cc3)CC2=O)c(OC)c1. The molecule has 30 heavy (non-hydrogen) atoms. The summed E-state index contributed by atoms with van der Waals surface area (Å²) in [4.78, 5) is 39.2. The summed E-state index contributed by atoms with van der Waals surface area (Å²) in [6.07, 6.45) is -0.917. The van der Waals surface area contributed by atoms with Gasteiger partial charge in [-0.3, -0.25) is 14.4 Å². The first kappa shape index (κ1) is 21.4. The maximum atomic E-state index is 12.6. The molecule has 0 aromatic heterocycles. The van der Waals surface area contributed by atoms with E-state index in [-0.39, 0.29) is 24.7 Å². The number of aryl methyl sites for hydroxylation is 1. The van der Waals surface area contributed by atoms with Crippen LogP contribution in [-0.4, -0.2) is 44.5 Å². The van der Waals surface area contributed by atoms with Gasteiger partial charge < -0.3 is 19.1 Å². The summed E-state index contributed by atoms with van der Waals surface area (Å²) in [6, 6.07) is 12.2. The Morgan fingerprint density at radius 3 is 2.40 bits per heavy atom. The van der Waals surface area contributed by atoms with Crippen molar-refractivity contribution in [3.05, 3.63) is 53.6 Å². The van der Waals surface area contributed by atoms with E-state index in [9.17, 15) is 14.4 Å². The van der Waals surface area contributed by atoms with E-state index in [1.54, 1.807) is 44.4 Å². The molecule has 0 unspecified atom stereocenters. The molecule has 1 aliphatic rings. The Morgan fingerprint density at radius 2 is 1.77 bits per heavy atom. The molecular weight excluding hydrogens is 386 g/mol. The molecule has 158 valence electrons. The van der Waals surface area contributed by atoms with Gasteiger partial charge in [-0.1, -0.05) is 29.8 Å². The molecule has 1 fully saturated rings. The fourth-order valence-electron chi connectivity index (χ4n) is 3.38. The van der Waals surface area contributed by atoms with Gasteiger partial charge in [0.2, 0.25) is 11.7 Å². The summed E-state index contributed by atoms with van der Waals surface area (Å²) in [7, 11) is 3.05. The fraction of sp³-hybridized carbons (Fsp3) is 0.348. The largest absolute Gasteiger partial charge is 0.497 e. The minimum absolute atomic E-state index is 0.0134. The van der Waals surface area contributed by atoms with Gasteiger partial charge in [0.15, 0.2) is 6.10 Å². The zero-order valence-corrected chi connectivity index (χ0v) is 17.5. The summed E-state index contributed by atoms with van der Waals surface area (Å²) in [5.74, 6) is -0.635. The molecule has 0 aliphatic carbocycles. The van der Waals surface area contributed by atoms with E-state index >= 15 is 0 Å². The molecule has 1 heterocycles. The Bertz CT molecular complexity index is 953. The minimum Gasteiger partial charge on any atom is -0.497 e. The molecule has 1 amide bonds. The molecule has 1 aliphatic heterocycles. The zero-order valence-electron chi connectivity index (χ0n) is 17.5. The number of esters is 1. The van der Waals surface area contributed by atoms with Crippen molar-refractivity contribution >= 4 is 23.3 Å². The summed E-state index contributed by atoms with van der Waals surface area (Å²) in [5.41, 5.74) is 2.07. The van der Waals surface area contributed by atoms with Crippen LogP contribution in [0.5, 0.6) is 11.5 Å². The Kier molecular flexibility index (Phi) is 6.40. The normalized spacial score (nSPS) is 16.9. The van der Waals surface area contributed by atoms with E-state index < -0.39 is 18.0 Å². The molecule has 0 spiro atoms. The van der Waals surface area contributed by atoms with Gasteiger partial charge in [-0.2, -0.15) is 0 Å². The molecule has 0 saturated carbocycles. The molecule has 0 bridgehead atoms. The van der Waals surface area contributed by atoms with Crippen LogP contribution in [0.1, 0.15) is 29.3 Å². The number of ether oxygens (including phenoxy) is 3. The van der Waals surface area contributed by atoms with E-state index in [1.165, 1.54) is 12.0 Å². The average molecular weight is 411 g/mol. The van der Waals surface area contributed by atoms with Crippen molar-refractivity contribution in [1.82, 2.24) is 0 Å². The van der Waals surface area contributed by atoms with Crippen LogP contribution in [0.3, 0.4) is 0 Å². The molecular formula is C23H25NO6. The van der Waals surface area contributed by atoms with E-state index in [0.717, 1.165) is 5.56 Å². The van der Waals surface area contributed by atoms with Crippen molar-refractivity contribution in [3.63, 3.8) is 0 Å². The average Bonchev–Trinajstić information content (AvgIpc) is 3.14. The minimum atomic E-state index is -0.931. The third-order valence-electron chi connectivity index (χ3n) is 5.13. The molecule has 3 rings (SSSR count). The number of hydrogen-bond acceptors (Lipinski definition) is 6. The van der Waals surface area contributed by atoms with Crippen LogP contribution in [0.2, 0.25) is 0 Å². The number of rotatable bonds is 7. The van der Waals surface area contributed by atoms with Gasteiger partial charge in [-0.25, -0.2) is 0 Å². The molecule has 7 nitrogen and oxygen atoms in total. The number of Topliss-reactive ketones (excluding diaryl/α,β-unsaturated/α-hetero) is 1. The van der Waals surface area contributed by atoms with Gasteiger partial charge in [0.25, 0.3) is 0 Å². The van der Waals surface area contributed by atoms with Crippen molar-refractivity contribution in [1.29, 1.82) is 0 Å². The molecule has 1 saturated heterocycles. The number of anilines is 1. The summed E-state index contributed by atoms with van der Waals surface area (Å²) in [6.45, 7) is 3.63. The second-order valence-electron chi connectivity index (χ2n) is 7.25. The third kappa shape index (κ3) is 4.45. The van der Waals surface area contributed by atoms with Gasteiger partial charge in [0.1, 0.15) is 11.5 Å². The standard InChI is InChI=1S/C23H25NO6/c1-14-5-7-16(8-6-14)22(26)15(2)30-23(27)17-11-21(25)24(13-17)19-10-9-18(28-3)12-20(19)29-4/h5-10,12,15,17H,11,13H2,1-4H3/t15-,17+/m1/s1. The lowest BCUT2D eigenvalue weighted by Crippen LogP contribution is -2.30. The molecule has 2 atom stereocenters. The summed E-state index contributed by atoms with van der Waals surface area (Å²) >= 11 is 0. The second-order valence-corrected chi connectivity index (χ2v) is 7.25. The molecule has 7 heteroatoms. The van der Waals surface area contributed by atoms with Crippen molar-refractivity contribution in [2.24, 2.45) is 5.92 Å². The van der Waals surface area contributed by atoms with Crippen LogP contribution in [0.25, 0.3) is 0 Å². The van der Waals surface area contributed by atoms with Gasteiger partial charge in [0, 0.05) is 24.6 Å². The van der Waals surface area contributed by atoms with Crippen molar-refractivity contribution < 1.29 is 28.6 Å². The second kappa shape index (κ2) is 8.98. The van der Waals surface area contributed by atoms with Gasteiger partial charge in [-0.05, 0) is 26.0 Å². The molecule has 0 radical (unpaired) electrons. The Morgan fingerprint density at radius 1 is 1.07 bits per heavy atom. The number of hydrogen-bond donors (Lipinski definition) is 0. The van der Waals surface area contributed by atoms with Gasteiger partial charge in [0.05, 0.1) is 25.8 Å². The van der Waals surface area contributed by atoms with Crippen molar-refractivity contribution in [2.45, 2.75) is 26.4 Å². The Balaban J connectivity index is 1.68. The monoisotopic (exact) mass is 411 g/mol. The topological polar surface area (TPSA) is 82.1 Å². The number of benzene rings is 2. The predicted molar refractivity (Wildman–Crippen MR) is 111 cm³/mol. The number of amides is 1. The Labute approximate surface area is 175 Å². The van der Waals surface area contributed by atoms with Crippen LogP contribution in [0.4, 0.5) is 5.69 Å². The fourth-order valence-corrected chi connectivity index (χ4v) is 3.38. The smallest absolute Gasteiger partial charge is 0.312 e. The summed E-state index contributed by atoms with van der Waals surface area (Å²) in [5, 5.41) is 0. The predicted octanol–water partition coefficient (Wildman–Crippen LogP) is 3.18. The maximum absolute atomic E-state index is 12.6. The lowest BCUT2D eigenvalue weighted by molar-refractivity contribution is -0.151. The van der Waals surface area contributed by atoms with Crippen LogP contribution in [-0.2, 0) is 14.3 Å². The van der Waals surface area contributed by atoms with Crippen LogP contribution < -0.4 is 14.4 Å². The molecule has 2 aromatic carbocycles. The number of ketones is 1. The lowest BCUT2D eigenvalue weighted by Gasteiger charge is -2.20. The first-order chi connectivity index (χ1) is 14.3. The highest BCUT2D eigenvalue weighted by molar-refractivity contribution is 6.02. The molecule has 0 N–H and O–H groups in total. The van der Waals surface area contributed by atoms with Crippen LogP contribution in [0, 0.1) is 12.8 Å². The maximum Gasteiger partial charge on any atom is 0.312 e. The number of carbonyl (C=O) groups excluding carboxylic acids is 3. The van der Waals surface area contributed by atoms with Crippen LogP contribution >= 0.6 is 0 Å². The third-order valence-corrected chi connectivity index (χ3v) is 5.13. The zero-order chi connectivity index (χ0) is 21.8. The highest BCUT2D eigenvalue weighted by atomic mass is 16.5. The van der Waals surface area contributed by atoms with E-state index in [4.69, 9.17) is 14.2 Å². The highest BCUT2D eigenvalue weighted by Gasteiger charge is 2.38. The number of nitrogens with zero attached hydrogens (tertiary/aromatic N) is 1. The van der Waals surface area contributed by atoms with Crippen molar-refractivity contribution in [2.75, 3.05) is 25.7 Å². The number of methoxy groups -OCH3 is 2. The molecule has 2 aromatic rings. The van der Waals surface area contributed by atoms with Gasteiger partial charge >= 0.3 is 5.97 Å². The van der Waals surface area contributed by atoms with Crippen LogP contribution in [0.15, 0.2) is 42.5 Å². The lowest BCUT2D eigenvalue weighted by atomic mass is 10.1. The van der Waals surface area contributed by atoms with E-state index in [0.29, 0.717) is 22.7 Å². The van der Waals surface area contributed by atoms with Gasteiger partial charge in [-0.15, -0.1) is 0 Å². The van der Waals surface area contributed by atoms with Crippen molar-refractivity contribution in [3.8, 4) is 11.5 Å². The first-order valence-corrected chi connectivity index (χ1v) is 9.67. The van der Waals surface area contributed by atoms with E-state index in [1.807, 2.05) is 19.1 Å². The quantitative estimate of drug-likeness (QED) is 0.514. The summed E-state index contributed by atoms with van der Waals surface area (Å²) < 4.78 is 15.9. The Hall–Kier alpha value is -3.35.